The third-order valence-corrected chi connectivity index (χ3v) is 3.31. The fraction of sp³-hybridized carbons (Fsp3) is 0.833. The van der Waals surface area contributed by atoms with E-state index in [4.69, 9.17) is 0 Å². The van der Waals surface area contributed by atoms with Gasteiger partial charge >= 0.3 is 0 Å². The first-order valence-corrected chi connectivity index (χ1v) is 6.00. The van der Waals surface area contributed by atoms with Gasteiger partial charge in [0, 0.05) is 24.5 Å². The van der Waals surface area contributed by atoms with Crippen LogP contribution in [0.4, 0.5) is 0 Å². The number of rotatable bonds is 3. The molecule has 0 aromatic carbocycles. The molecule has 2 saturated carbocycles. The van der Waals surface area contributed by atoms with Gasteiger partial charge in [-0.3, -0.25) is 9.98 Å². The highest BCUT2D eigenvalue weighted by Gasteiger charge is 2.13. The van der Waals surface area contributed by atoms with Crippen molar-refractivity contribution in [3.8, 4) is 0 Å². The minimum Gasteiger partial charge on any atom is -0.288 e. The van der Waals surface area contributed by atoms with Gasteiger partial charge in [0.15, 0.2) is 0 Å². The predicted octanol–water partition coefficient (Wildman–Crippen LogP) is 3.01. The van der Waals surface area contributed by atoms with Gasteiger partial charge in [0.05, 0.1) is 0 Å². The van der Waals surface area contributed by atoms with Crippen LogP contribution in [0.5, 0.6) is 0 Å². The molecule has 2 aliphatic rings. The lowest BCUT2D eigenvalue weighted by molar-refractivity contribution is 0.706. The molecule has 0 bridgehead atoms. The summed E-state index contributed by atoms with van der Waals surface area (Å²) in [6, 6.07) is 1.20. The smallest absolute Gasteiger partial charge is 0.0500 e. The number of aliphatic imine (C=N–C) groups is 2. The summed E-state index contributed by atoms with van der Waals surface area (Å²) >= 11 is 0. The van der Waals surface area contributed by atoms with Gasteiger partial charge in [0.25, 0.3) is 0 Å². The molecule has 0 N–H and O–H groups in total. The van der Waals surface area contributed by atoms with Crippen molar-refractivity contribution >= 4 is 12.4 Å². The molecule has 0 saturated heterocycles. The van der Waals surface area contributed by atoms with Gasteiger partial charge in [0.1, 0.15) is 0 Å². The number of hydrogen-bond acceptors (Lipinski definition) is 2. The van der Waals surface area contributed by atoms with Gasteiger partial charge in [-0.25, -0.2) is 0 Å². The highest BCUT2D eigenvalue weighted by Crippen LogP contribution is 2.21. The van der Waals surface area contributed by atoms with E-state index < -0.39 is 0 Å². The predicted molar refractivity (Wildman–Crippen MR) is 61.5 cm³/mol. The fourth-order valence-corrected chi connectivity index (χ4v) is 2.43. The maximum atomic E-state index is 4.51. The summed E-state index contributed by atoms with van der Waals surface area (Å²) < 4.78 is 0. The molecule has 2 rings (SSSR count). The van der Waals surface area contributed by atoms with Crippen molar-refractivity contribution < 1.29 is 0 Å². The molecule has 2 aliphatic carbocycles. The SMILES string of the molecule is C(C=NC1CCCC1)=NC1CCCC1. The fourth-order valence-electron chi connectivity index (χ4n) is 2.43. The summed E-state index contributed by atoms with van der Waals surface area (Å²) in [5.41, 5.74) is 0. The van der Waals surface area contributed by atoms with Crippen LogP contribution in [0.2, 0.25) is 0 Å². The van der Waals surface area contributed by atoms with Gasteiger partial charge in [-0.1, -0.05) is 25.7 Å². The maximum Gasteiger partial charge on any atom is 0.0500 e. The monoisotopic (exact) mass is 192 g/mol. The molecule has 0 unspecified atom stereocenters. The molecular weight excluding hydrogens is 172 g/mol. The molecule has 0 aliphatic heterocycles. The number of nitrogens with zero attached hydrogens (tertiary/aromatic N) is 2. The molecule has 0 aromatic heterocycles. The van der Waals surface area contributed by atoms with Crippen LogP contribution in [0, 0.1) is 0 Å². The zero-order valence-electron chi connectivity index (χ0n) is 8.86. The van der Waals surface area contributed by atoms with Crippen molar-refractivity contribution in [2.45, 2.75) is 63.5 Å². The summed E-state index contributed by atoms with van der Waals surface area (Å²) in [5.74, 6) is 0. The van der Waals surface area contributed by atoms with Crippen LogP contribution in [0.25, 0.3) is 0 Å². The van der Waals surface area contributed by atoms with E-state index in [1.807, 2.05) is 12.4 Å². The first-order chi connectivity index (χ1) is 6.95. The minimum absolute atomic E-state index is 0.602. The van der Waals surface area contributed by atoms with Crippen LogP contribution in [-0.2, 0) is 0 Å². The Morgan fingerprint density at radius 2 is 1.00 bits per heavy atom. The highest BCUT2D eigenvalue weighted by molar-refractivity contribution is 6.16. The molecule has 0 radical (unpaired) electrons. The van der Waals surface area contributed by atoms with Crippen LogP contribution < -0.4 is 0 Å². The van der Waals surface area contributed by atoms with E-state index in [9.17, 15) is 0 Å². The van der Waals surface area contributed by atoms with E-state index in [1.165, 1.54) is 51.4 Å². The molecule has 14 heavy (non-hydrogen) atoms. The molecule has 0 aromatic rings. The van der Waals surface area contributed by atoms with Crippen molar-refractivity contribution in [2.75, 3.05) is 0 Å². The Hall–Kier alpha value is -0.660. The first-order valence-electron chi connectivity index (χ1n) is 6.00. The molecule has 0 heterocycles. The molecule has 78 valence electrons. The van der Waals surface area contributed by atoms with Crippen molar-refractivity contribution in [2.24, 2.45) is 9.98 Å². The third-order valence-electron chi connectivity index (χ3n) is 3.31. The van der Waals surface area contributed by atoms with E-state index in [0.29, 0.717) is 12.1 Å². The Labute approximate surface area is 86.5 Å². The Morgan fingerprint density at radius 1 is 0.643 bits per heavy atom. The summed E-state index contributed by atoms with van der Waals surface area (Å²) in [6.07, 6.45) is 14.4. The van der Waals surface area contributed by atoms with E-state index in [1.54, 1.807) is 0 Å². The standard InChI is InChI=1S/C12H20N2/c1-2-6-11(5-1)13-9-10-14-12-7-3-4-8-12/h9-12H,1-8H2. The van der Waals surface area contributed by atoms with Crippen molar-refractivity contribution in [1.29, 1.82) is 0 Å². The van der Waals surface area contributed by atoms with Crippen molar-refractivity contribution in [3.05, 3.63) is 0 Å². The van der Waals surface area contributed by atoms with Crippen LogP contribution in [0.1, 0.15) is 51.4 Å². The Bertz CT molecular complexity index is 184. The minimum atomic E-state index is 0.602. The van der Waals surface area contributed by atoms with Crippen LogP contribution in [0.3, 0.4) is 0 Å². The van der Waals surface area contributed by atoms with Gasteiger partial charge in [-0.05, 0) is 25.7 Å². The van der Waals surface area contributed by atoms with Crippen LogP contribution >= 0.6 is 0 Å². The van der Waals surface area contributed by atoms with Crippen LogP contribution in [-0.4, -0.2) is 24.5 Å². The van der Waals surface area contributed by atoms with Gasteiger partial charge in [0.2, 0.25) is 0 Å². The van der Waals surface area contributed by atoms with Gasteiger partial charge in [-0.15, -0.1) is 0 Å². The molecule has 0 spiro atoms. The lowest BCUT2D eigenvalue weighted by atomic mass is 10.3. The van der Waals surface area contributed by atoms with E-state index in [-0.39, 0.29) is 0 Å². The van der Waals surface area contributed by atoms with Crippen molar-refractivity contribution in [3.63, 3.8) is 0 Å². The molecule has 2 fully saturated rings. The normalized spacial score (nSPS) is 26.0. The summed E-state index contributed by atoms with van der Waals surface area (Å²) in [7, 11) is 0. The van der Waals surface area contributed by atoms with Gasteiger partial charge < -0.3 is 0 Å². The summed E-state index contributed by atoms with van der Waals surface area (Å²) in [5, 5.41) is 0. The van der Waals surface area contributed by atoms with Crippen molar-refractivity contribution in [1.82, 2.24) is 0 Å². The van der Waals surface area contributed by atoms with Crippen LogP contribution in [0.15, 0.2) is 9.98 Å². The molecule has 2 nitrogen and oxygen atoms in total. The largest absolute Gasteiger partial charge is 0.288 e. The Kier molecular flexibility index (Phi) is 3.72. The van der Waals surface area contributed by atoms with Gasteiger partial charge in [-0.2, -0.15) is 0 Å². The summed E-state index contributed by atoms with van der Waals surface area (Å²) in [4.78, 5) is 9.02. The maximum absolute atomic E-state index is 4.51. The van der Waals surface area contributed by atoms with E-state index in [0.717, 1.165) is 0 Å². The molecular formula is C12H20N2. The zero-order chi connectivity index (χ0) is 9.64. The molecule has 2 heteroatoms. The van der Waals surface area contributed by atoms with E-state index in [2.05, 4.69) is 9.98 Å². The second-order valence-electron chi connectivity index (χ2n) is 4.47. The first kappa shape index (κ1) is 9.88. The highest BCUT2D eigenvalue weighted by atomic mass is 14.8. The lowest BCUT2D eigenvalue weighted by Crippen LogP contribution is -1.99. The van der Waals surface area contributed by atoms with E-state index >= 15 is 0 Å². The zero-order valence-corrected chi connectivity index (χ0v) is 8.86. The average molecular weight is 192 g/mol. The topological polar surface area (TPSA) is 24.7 Å². The lowest BCUT2D eigenvalue weighted by Gasteiger charge is -2.00. The second-order valence-corrected chi connectivity index (χ2v) is 4.47. The third kappa shape index (κ3) is 2.93. The number of hydrogen-bond donors (Lipinski definition) is 0. The second kappa shape index (κ2) is 5.28. The molecule has 0 atom stereocenters. The average Bonchev–Trinajstić information content (AvgIpc) is 2.86. The Balaban J connectivity index is 1.69. The summed E-state index contributed by atoms with van der Waals surface area (Å²) in [6.45, 7) is 0. The Morgan fingerprint density at radius 3 is 1.36 bits per heavy atom. The quantitative estimate of drug-likeness (QED) is 0.614. The molecule has 0 amide bonds.